The molecule has 3 rings (SSSR count). The van der Waals surface area contributed by atoms with Crippen LogP contribution in [-0.2, 0) is 0 Å². The van der Waals surface area contributed by atoms with Gasteiger partial charge in [0.1, 0.15) is 11.6 Å². The summed E-state index contributed by atoms with van der Waals surface area (Å²) in [5.74, 6) is 0.554. The zero-order valence-electron chi connectivity index (χ0n) is 10.6. The molecule has 1 atom stereocenters. The van der Waals surface area contributed by atoms with Gasteiger partial charge < -0.3 is 15.4 Å². The van der Waals surface area contributed by atoms with Gasteiger partial charge in [0.2, 0.25) is 0 Å². The minimum Gasteiger partial charge on any atom is -0.497 e. The number of hydrogen-bond acceptors (Lipinski definition) is 3. The largest absolute Gasteiger partial charge is 0.497 e. The quantitative estimate of drug-likeness (QED) is 0.900. The second-order valence-electron chi connectivity index (χ2n) is 4.62. The molecule has 0 amide bonds. The van der Waals surface area contributed by atoms with E-state index >= 15 is 0 Å². The minimum atomic E-state index is -0.238. The molecule has 0 aliphatic carbocycles. The average molecular weight is 258 g/mol. The minimum absolute atomic E-state index is 0.0361. The van der Waals surface area contributed by atoms with Gasteiger partial charge in [-0.15, -0.1) is 0 Å². The molecule has 98 valence electrons. The Balaban J connectivity index is 2.04. The SMILES string of the molecule is COc1ccc2c(c1)N(c1ccc(F)cc1)CC2N. The number of hydrogen-bond donors (Lipinski definition) is 1. The van der Waals surface area contributed by atoms with Gasteiger partial charge in [-0.2, -0.15) is 0 Å². The zero-order chi connectivity index (χ0) is 13.4. The Morgan fingerprint density at radius 3 is 2.63 bits per heavy atom. The first-order valence-electron chi connectivity index (χ1n) is 6.15. The fourth-order valence-electron chi connectivity index (χ4n) is 2.46. The Morgan fingerprint density at radius 1 is 1.21 bits per heavy atom. The number of nitrogens with zero attached hydrogens (tertiary/aromatic N) is 1. The van der Waals surface area contributed by atoms with E-state index in [2.05, 4.69) is 4.90 Å². The molecule has 0 aromatic heterocycles. The third-order valence-corrected chi connectivity index (χ3v) is 3.45. The molecule has 19 heavy (non-hydrogen) atoms. The number of methoxy groups -OCH3 is 1. The molecule has 0 saturated heterocycles. The van der Waals surface area contributed by atoms with E-state index in [1.807, 2.05) is 18.2 Å². The molecule has 1 aliphatic heterocycles. The molecule has 0 radical (unpaired) electrons. The number of ether oxygens (including phenoxy) is 1. The zero-order valence-corrected chi connectivity index (χ0v) is 10.6. The lowest BCUT2D eigenvalue weighted by molar-refractivity contribution is 0.415. The van der Waals surface area contributed by atoms with Crippen molar-refractivity contribution in [2.45, 2.75) is 6.04 Å². The predicted molar refractivity (Wildman–Crippen MR) is 73.3 cm³/mol. The maximum absolute atomic E-state index is 13.0. The van der Waals surface area contributed by atoms with Crippen molar-refractivity contribution in [1.82, 2.24) is 0 Å². The van der Waals surface area contributed by atoms with Crippen molar-refractivity contribution in [3.05, 3.63) is 53.8 Å². The van der Waals surface area contributed by atoms with Crippen LogP contribution in [0.3, 0.4) is 0 Å². The second kappa shape index (κ2) is 4.55. The van der Waals surface area contributed by atoms with Crippen LogP contribution in [0.2, 0.25) is 0 Å². The number of rotatable bonds is 2. The standard InChI is InChI=1S/C15H15FN2O/c1-19-12-6-7-13-14(17)9-18(15(13)8-12)11-4-2-10(16)3-5-11/h2-8,14H,9,17H2,1H3. The van der Waals surface area contributed by atoms with Gasteiger partial charge in [0, 0.05) is 30.0 Å². The first-order chi connectivity index (χ1) is 9.19. The van der Waals surface area contributed by atoms with Crippen molar-refractivity contribution < 1.29 is 9.13 Å². The van der Waals surface area contributed by atoms with E-state index in [1.54, 1.807) is 19.2 Å². The van der Waals surface area contributed by atoms with Gasteiger partial charge in [-0.05, 0) is 35.9 Å². The predicted octanol–water partition coefficient (Wildman–Crippen LogP) is 2.99. The summed E-state index contributed by atoms with van der Waals surface area (Å²) in [5.41, 5.74) is 9.19. The first kappa shape index (κ1) is 12.0. The summed E-state index contributed by atoms with van der Waals surface area (Å²) in [6.45, 7) is 0.689. The van der Waals surface area contributed by atoms with Gasteiger partial charge in [0.05, 0.1) is 7.11 Å². The lowest BCUT2D eigenvalue weighted by atomic mass is 10.1. The summed E-state index contributed by atoms with van der Waals surface area (Å²) in [6, 6.07) is 12.3. The van der Waals surface area contributed by atoms with Crippen LogP contribution in [0, 0.1) is 5.82 Å². The maximum Gasteiger partial charge on any atom is 0.123 e. The molecule has 1 heterocycles. The van der Waals surface area contributed by atoms with Gasteiger partial charge >= 0.3 is 0 Å². The third-order valence-electron chi connectivity index (χ3n) is 3.45. The summed E-state index contributed by atoms with van der Waals surface area (Å²) >= 11 is 0. The average Bonchev–Trinajstić information content (AvgIpc) is 2.76. The maximum atomic E-state index is 13.0. The Labute approximate surface area is 111 Å². The molecule has 0 fully saturated rings. The fourth-order valence-corrected chi connectivity index (χ4v) is 2.46. The van der Waals surface area contributed by atoms with Gasteiger partial charge in [-0.1, -0.05) is 6.07 Å². The van der Waals surface area contributed by atoms with E-state index < -0.39 is 0 Å². The van der Waals surface area contributed by atoms with Gasteiger partial charge in [-0.3, -0.25) is 0 Å². The molecule has 0 saturated carbocycles. The van der Waals surface area contributed by atoms with E-state index in [0.29, 0.717) is 6.54 Å². The van der Waals surface area contributed by atoms with Gasteiger partial charge in [-0.25, -0.2) is 4.39 Å². The summed E-state index contributed by atoms with van der Waals surface area (Å²) in [6.07, 6.45) is 0. The molecular weight excluding hydrogens is 243 g/mol. The molecule has 2 aromatic carbocycles. The molecular formula is C15H15FN2O. The van der Waals surface area contributed by atoms with Crippen molar-refractivity contribution in [3.8, 4) is 5.75 Å². The Morgan fingerprint density at radius 2 is 1.95 bits per heavy atom. The van der Waals surface area contributed by atoms with Crippen LogP contribution in [0.15, 0.2) is 42.5 Å². The molecule has 2 aromatic rings. The first-order valence-corrected chi connectivity index (χ1v) is 6.15. The topological polar surface area (TPSA) is 38.5 Å². The normalized spacial score (nSPS) is 17.4. The monoisotopic (exact) mass is 258 g/mol. The molecule has 1 unspecified atom stereocenters. The summed E-state index contributed by atoms with van der Waals surface area (Å²) < 4.78 is 18.3. The van der Waals surface area contributed by atoms with Crippen molar-refractivity contribution in [1.29, 1.82) is 0 Å². The number of benzene rings is 2. The molecule has 0 spiro atoms. The van der Waals surface area contributed by atoms with Crippen LogP contribution >= 0.6 is 0 Å². The van der Waals surface area contributed by atoms with Crippen LogP contribution in [0.4, 0.5) is 15.8 Å². The van der Waals surface area contributed by atoms with Crippen LogP contribution in [-0.4, -0.2) is 13.7 Å². The van der Waals surface area contributed by atoms with E-state index in [-0.39, 0.29) is 11.9 Å². The second-order valence-corrected chi connectivity index (χ2v) is 4.62. The van der Waals surface area contributed by atoms with Crippen LogP contribution in [0.1, 0.15) is 11.6 Å². The van der Waals surface area contributed by atoms with Crippen LogP contribution in [0.25, 0.3) is 0 Å². The third kappa shape index (κ3) is 2.04. The molecule has 1 aliphatic rings. The highest BCUT2D eigenvalue weighted by molar-refractivity contribution is 5.72. The number of halogens is 1. The highest BCUT2D eigenvalue weighted by Gasteiger charge is 2.27. The molecule has 4 heteroatoms. The Hall–Kier alpha value is -2.07. The van der Waals surface area contributed by atoms with Crippen molar-refractivity contribution in [3.63, 3.8) is 0 Å². The number of nitrogens with two attached hydrogens (primary N) is 1. The van der Waals surface area contributed by atoms with E-state index in [1.165, 1.54) is 12.1 Å². The van der Waals surface area contributed by atoms with E-state index in [0.717, 1.165) is 22.7 Å². The number of fused-ring (bicyclic) bond motifs is 1. The number of anilines is 2. The molecule has 0 bridgehead atoms. The van der Waals surface area contributed by atoms with Gasteiger partial charge in [0.15, 0.2) is 0 Å². The lowest BCUT2D eigenvalue weighted by Gasteiger charge is -2.20. The van der Waals surface area contributed by atoms with E-state index in [4.69, 9.17) is 10.5 Å². The Bertz CT molecular complexity index is 598. The summed E-state index contributed by atoms with van der Waals surface area (Å²) in [4.78, 5) is 2.09. The summed E-state index contributed by atoms with van der Waals surface area (Å²) in [5, 5.41) is 0. The highest BCUT2D eigenvalue weighted by Crippen LogP contribution is 2.40. The van der Waals surface area contributed by atoms with Crippen molar-refractivity contribution >= 4 is 11.4 Å². The molecule has 3 nitrogen and oxygen atoms in total. The van der Waals surface area contributed by atoms with E-state index in [9.17, 15) is 4.39 Å². The Kier molecular flexibility index (Phi) is 2.87. The fraction of sp³-hybridized carbons (Fsp3) is 0.200. The van der Waals surface area contributed by atoms with Crippen molar-refractivity contribution in [2.75, 3.05) is 18.6 Å². The van der Waals surface area contributed by atoms with Crippen LogP contribution in [0.5, 0.6) is 5.75 Å². The highest BCUT2D eigenvalue weighted by atomic mass is 19.1. The van der Waals surface area contributed by atoms with Crippen molar-refractivity contribution in [2.24, 2.45) is 5.73 Å². The summed E-state index contributed by atoms with van der Waals surface area (Å²) in [7, 11) is 1.64. The molecule has 2 N–H and O–H groups in total. The smallest absolute Gasteiger partial charge is 0.123 e. The van der Waals surface area contributed by atoms with Crippen LogP contribution < -0.4 is 15.4 Å². The lowest BCUT2D eigenvalue weighted by Crippen LogP contribution is -2.19. The van der Waals surface area contributed by atoms with Gasteiger partial charge in [0.25, 0.3) is 0 Å².